The first-order chi connectivity index (χ1) is 16.5. The van der Waals surface area contributed by atoms with Gasteiger partial charge in [-0.05, 0) is 34.6 Å². The maximum absolute atomic E-state index is 13.2. The van der Waals surface area contributed by atoms with Crippen molar-refractivity contribution in [2.75, 3.05) is 6.61 Å². The second kappa shape index (κ2) is 10.8. The second-order valence-electron chi connectivity index (χ2n) is 8.85. The number of aliphatic carboxylic acids is 1. The van der Waals surface area contributed by atoms with Crippen LogP contribution in [0.4, 0.5) is 18.0 Å². The predicted molar refractivity (Wildman–Crippen MR) is 122 cm³/mol. The number of carboxylic acids is 1. The van der Waals surface area contributed by atoms with Crippen molar-refractivity contribution in [2.24, 2.45) is 5.92 Å². The Labute approximate surface area is 200 Å². The fraction of sp³-hybridized carbons (Fsp3) is 0.400. The van der Waals surface area contributed by atoms with E-state index in [1.54, 1.807) is 19.2 Å². The molecule has 1 aliphatic carbocycles. The van der Waals surface area contributed by atoms with E-state index in [4.69, 9.17) is 9.84 Å². The number of carbonyl (C=O) groups excluding carboxylic acids is 2. The van der Waals surface area contributed by atoms with Crippen molar-refractivity contribution in [1.82, 2.24) is 10.6 Å². The van der Waals surface area contributed by atoms with E-state index in [1.165, 1.54) is 0 Å². The minimum atomic E-state index is -4.96. The maximum atomic E-state index is 13.2. The van der Waals surface area contributed by atoms with Gasteiger partial charge in [-0.1, -0.05) is 62.4 Å². The van der Waals surface area contributed by atoms with Crippen LogP contribution in [0.3, 0.4) is 0 Å². The summed E-state index contributed by atoms with van der Waals surface area (Å²) in [7, 11) is 0. The molecule has 0 bridgehead atoms. The maximum Gasteiger partial charge on any atom is 0.409 e. The van der Waals surface area contributed by atoms with Crippen molar-refractivity contribution in [3.63, 3.8) is 0 Å². The number of benzene rings is 2. The molecule has 2 atom stereocenters. The van der Waals surface area contributed by atoms with Crippen LogP contribution in [-0.2, 0) is 14.3 Å². The van der Waals surface area contributed by atoms with Crippen molar-refractivity contribution in [1.29, 1.82) is 0 Å². The Balaban J connectivity index is 1.68. The van der Waals surface area contributed by atoms with Gasteiger partial charge >= 0.3 is 18.2 Å². The van der Waals surface area contributed by atoms with E-state index in [9.17, 15) is 27.6 Å². The summed E-state index contributed by atoms with van der Waals surface area (Å²) < 4.78 is 44.9. The van der Waals surface area contributed by atoms with Crippen molar-refractivity contribution < 1.29 is 37.4 Å². The van der Waals surface area contributed by atoms with Gasteiger partial charge in [0.2, 0.25) is 5.91 Å². The SMILES string of the molecule is CC(C)CC(NC(=O)OCC1c2ccccc2-c2ccccc21)C(=O)NC(CC(=O)O)C(F)(F)F. The summed E-state index contributed by atoms with van der Waals surface area (Å²) in [6.45, 7) is 3.44. The molecule has 35 heavy (non-hydrogen) atoms. The molecule has 2 unspecified atom stereocenters. The lowest BCUT2D eigenvalue weighted by molar-refractivity contribution is -0.170. The standard InChI is InChI=1S/C25H27F3N2O5/c1-14(2)11-20(23(33)30-21(12-22(31)32)25(26,27)28)29-24(34)35-13-19-17-9-5-3-7-15(17)16-8-4-6-10-18(16)19/h3-10,14,19-21H,11-13H2,1-2H3,(H,29,34)(H,30,33)(H,31,32). The molecule has 0 saturated carbocycles. The fourth-order valence-electron chi connectivity index (χ4n) is 4.18. The molecular weight excluding hydrogens is 465 g/mol. The fourth-order valence-corrected chi connectivity index (χ4v) is 4.18. The highest BCUT2D eigenvalue weighted by Crippen LogP contribution is 2.44. The number of nitrogens with one attached hydrogen (secondary N) is 2. The average Bonchev–Trinajstić information content (AvgIpc) is 3.09. The molecule has 0 aliphatic heterocycles. The van der Waals surface area contributed by atoms with Crippen LogP contribution in [0.15, 0.2) is 48.5 Å². The van der Waals surface area contributed by atoms with Gasteiger partial charge in [0.25, 0.3) is 0 Å². The van der Waals surface area contributed by atoms with E-state index >= 15 is 0 Å². The average molecular weight is 492 g/mol. The van der Waals surface area contributed by atoms with Gasteiger partial charge in [0.05, 0.1) is 6.42 Å². The first-order valence-electron chi connectivity index (χ1n) is 11.2. The minimum absolute atomic E-state index is 0.0277. The van der Waals surface area contributed by atoms with Crippen molar-refractivity contribution in [3.8, 4) is 11.1 Å². The number of hydrogen-bond acceptors (Lipinski definition) is 4. The summed E-state index contributed by atoms with van der Waals surface area (Å²) in [5.74, 6) is -3.22. The van der Waals surface area contributed by atoms with Gasteiger partial charge in [-0.15, -0.1) is 0 Å². The number of hydrogen-bond donors (Lipinski definition) is 3. The first-order valence-corrected chi connectivity index (χ1v) is 11.2. The van der Waals surface area contributed by atoms with Crippen LogP contribution in [-0.4, -0.2) is 47.9 Å². The quantitative estimate of drug-likeness (QED) is 0.479. The van der Waals surface area contributed by atoms with Crippen LogP contribution in [0.2, 0.25) is 0 Å². The number of halogens is 3. The number of rotatable bonds is 9. The third-order valence-electron chi connectivity index (χ3n) is 5.75. The number of carbonyl (C=O) groups is 3. The molecule has 2 aromatic rings. The number of ether oxygens (including phenoxy) is 1. The number of carboxylic acid groups (broad SMARTS) is 1. The summed E-state index contributed by atoms with van der Waals surface area (Å²) in [5, 5.41) is 12.8. The molecule has 0 fully saturated rings. The highest BCUT2D eigenvalue weighted by atomic mass is 19.4. The Morgan fingerprint density at radius 1 is 0.971 bits per heavy atom. The van der Waals surface area contributed by atoms with Crippen molar-refractivity contribution >= 4 is 18.0 Å². The van der Waals surface area contributed by atoms with Gasteiger partial charge in [0, 0.05) is 5.92 Å². The van der Waals surface area contributed by atoms with Crippen LogP contribution in [0.25, 0.3) is 11.1 Å². The van der Waals surface area contributed by atoms with E-state index < -0.39 is 42.7 Å². The van der Waals surface area contributed by atoms with Crippen LogP contribution in [0, 0.1) is 5.92 Å². The Morgan fingerprint density at radius 3 is 2.00 bits per heavy atom. The molecule has 0 spiro atoms. The molecule has 188 valence electrons. The Morgan fingerprint density at radius 2 is 1.51 bits per heavy atom. The Hall–Kier alpha value is -3.56. The molecule has 1 aliphatic rings. The Kier molecular flexibility index (Phi) is 8.03. The number of amides is 2. The van der Waals surface area contributed by atoms with Crippen LogP contribution in [0.1, 0.15) is 43.7 Å². The monoisotopic (exact) mass is 492 g/mol. The summed E-state index contributed by atoms with van der Waals surface area (Å²) >= 11 is 0. The normalized spacial score (nSPS) is 14.6. The molecule has 2 aromatic carbocycles. The van der Waals surface area contributed by atoms with E-state index in [-0.39, 0.29) is 24.9 Å². The number of fused-ring (bicyclic) bond motifs is 3. The molecule has 0 radical (unpaired) electrons. The third-order valence-corrected chi connectivity index (χ3v) is 5.75. The van der Waals surface area contributed by atoms with E-state index in [1.807, 2.05) is 48.5 Å². The summed E-state index contributed by atoms with van der Waals surface area (Å²) in [5.41, 5.74) is 4.04. The molecule has 7 nitrogen and oxygen atoms in total. The summed E-state index contributed by atoms with van der Waals surface area (Å²) in [4.78, 5) is 35.9. The van der Waals surface area contributed by atoms with Gasteiger partial charge in [0.1, 0.15) is 18.7 Å². The van der Waals surface area contributed by atoms with Gasteiger partial charge in [-0.2, -0.15) is 13.2 Å². The molecule has 3 rings (SSSR count). The van der Waals surface area contributed by atoms with Crippen LogP contribution in [0.5, 0.6) is 0 Å². The number of alkyl carbamates (subject to hydrolysis) is 1. The lowest BCUT2D eigenvalue weighted by Crippen LogP contribution is -2.54. The lowest BCUT2D eigenvalue weighted by Gasteiger charge is -2.25. The first kappa shape index (κ1) is 26.1. The van der Waals surface area contributed by atoms with Crippen molar-refractivity contribution in [3.05, 3.63) is 59.7 Å². The molecular formula is C25H27F3N2O5. The summed E-state index contributed by atoms with van der Waals surface area (Å²) in [6, 6.07) is 11.5. The topological polar surface area (TPSA) is 105 Å². The predicted octanol–water partition coefficient (Wildman–Crippen LogP) is 4.46. The number of alkyl halides is 3. The van der Waals surface area contributed by atoms with Crippen molar-refractivity contribution in [2.45, 2.75) is 50.9 Å². The van der Waals surface area contributed by atoms with Crippen LogP contribution >= 0.6 is 0 Å². The molecule has 3 N–H and O–H groups in total. The van der Waals surface area contributed by atoms with Gasteiger partial charge in [0.15, 0.2) is 0 Å². The van der Waals surface area contributed by atoms with E-state index in [0.717, 1.165) is 22.3 Å². The summed E-state index contributed by atoms with van der Waals surface area (Å²) in [6.07, 6.45) is -7.20. The van der Waals surface area contributed by atoms with E-state index in [0.29, 0.717) is 0 Å². The van der Waals surface area contributed by atoms with Gasteiger partial charge in [-0.3, -0.25) is 9.59 Å². The lowest BCUT2D eigenvalue weighted by atomic mass is 9.98. The largest absolute Gasteiger partial charge is 0.481 e. The molecule has 0 aromatic heterocycles. The van der Waals surface area contributed by atoms with Gasteiger partial charge < -0.3 is 20.5 Å². The zero-order valence-corrected chi connectivity index (χ0v) is 19.3. The smallest absolute Gasteiger partial charge is 0.409 e. The molecule has 0 saturated heterocycles. The molecule has 10 heteroatoms. The Bertz CT molecular complexity index is 1040. The van der Waals surface area contributed by atoms with Gasteiger partial charge in [-0.25, -0.2) is 4.79 Å². The molecule has 0 heterocycles. The zero-order chi connectivity index (χ0) is 25.8. The van der Waals surface area contributed by atoms with Crippen LogP contribution < -0.4 is 10.6 Å². The zero-order valence-electron chi connectivity index (χ0n) is 19.3. The molecule has 2 amide bonds. The second-order valence-corrected chi connectivity index (χ2v) is 8.85. The highest BCUT2D eigenvalue weighted by molar-refractivity contribution is 5.86. The van der Waals surface area contributed by atoms with E-state index in [2.05, 4.69) is 5.32 Å². The third kappa shape index (κ3) is 6.52. The minimum Gasteiger partial charge on any atom is -0.481 e. The highest BCUT2D eigenvalue weighted by Gasteiger charge is 2.43.